The topological polar surface area (TPSA) is 32.3 Å². The molecule has 16 heavy (non-hydrogen) atoms. The Hall–Kier alpha value is -0.570. The fraction of sp³-hybridized carbons (Fsp3) is 0.923. The highest BCUT2D eigenvalue weighted by Crippen LogP contribution is 2.27. The second kappa shape index (κ2) is 5.67. The fourth-order valence-corrected chi connectivity index (χ4v) is 2.28. The van der Waals surface area contributed by atoms with Crippen LogP contribution in [-0.4, -0.2) is 37.0 Å². The fourth-order valence-electron chi connectivity index (χ4n) is 2.28. The minimum Gasteiger partial charge on any atom is -0.355 e. The smallest absolute Gasteiger partial charge is 0.222 e. The van der Waals surface area contributed by atoms with Crippen LogP contribution in [0.15, 0.2) is 0 Å². The number of amides is 1. The van der Waals surface area contributed by atoms with Gasteiger partial charge in [-0.05, 0) is 24.8 Å². The molecule has 0 radical (unpaired) electrons. The predicted molar refractivity (Wildman–Crippen MR) is 67.3 cm³/mol. The average Bonchev–Trinajstić information content (AvgIpc) is 2.15. The molecule has 0 spiro atoms. The van der Waals surface area contributed by atoms with Gasteiger partial charge in [0.1, 0.15) is 0 Å². The van der Waals surface area contributed by atoms with Gasteiger partial charge in [-0.25, -0.2) is 0 Å². The highest BCUT2D eigenvalue weighted by atomic mass is 16.1. The molecule has 1 saturated heterocycles. The van der Waals surface area contributed by atoms with Crippen LogP contribution in [0.3, 0.4) is 0 Å². The summed E-state index contributed by atoms with van der Waals surface area (Å²) >= 11 is 0. The molecule has 0 bridgehead atoms. The first-order valence-corrected chi connectivity index (χ1v) is 6.41. The van der Waals surface area contributed by atoms with Gasteiger partial charge in [0.15, 0.2) is 0 Å². The van der Waals surface area contributed by atoms with E-state index in [0.29, 0.717) is 5.41 Å². The van der Waals surface area contributed by atoms with Gasteiger partial charge in [-0.1, -0.05) is 27.7 Å². The molecule has 0 saturated carbocycles. The van der Waals surface area contributed by atoms with Crippen LogP contribution in [0.1, 0.15) is 40.5 Å². The Kier molecular flexibility index (Phi) is 4.78. The summed E-state index contributed by atoms with van der Waals surface area (Å²) in [6.07, 6.45) is 2.60. The Morgan fingerprint density at radius 2 is 2.12 bits per heavy atom. The zero-order valence-corrected chi connectivity index (χ0v) is 11.2. The molecule has 1 heterocycles. The summed E-state index contributed by atoms with van der Waals surface area (Å²) in [5, 5.41) is 2.98. The number of hydrogen-bond acceptors (Lipinski definition) is 2. The zero-order valence-electron chi connectivity index (χ0n) is 11.2. The summed E-state index contributed by atoms with van der Waals surface area (Å²) in [4.78, 5) is 13.8. The number of nitrogens with zero attached hydrogens (tertiary/aromatic N) is 1. The number of likely N-dealkylation sites (tertiary alicyclic amines) is 1. The number of carbonyl (C=O) groups is 1. The van der Waals surface area contributed by atoms with E-state index in [9.17, 15) is 4.79 Å². The van der Waals surface area contributed by atoms with Crippen LogP contribution in [0.2, 0.25) is 0 Å². The highest BCUT2D eigenvalue weighted by Gasteiger charge is 2.25. The van der Waals surface area contributed by atoms with Crippen LogP contribution in [0.25, 0.3) is 0 Å². The lowest BCUT2D eigenvalue weighted by Gasteiger charge is -2.38. The van der Waals surface area contributed by atoms with Crippen molar-refractivity contribution in [1.82, 2.24) is 10.2 Å². The molecular weight excluding hydrogens is 200 g/mol. The highest BCUT2D eigenvalue weighted by molar-refractivity contribution is 5.77. The van der Waals surface area contributed by atoms with Gasteiger partial charge in [0.05, 0.1) is 0 Å². The summed E-state index contributed by atoms with van der Waals surface area (Å²) in [5.74, 6) is 0.258. The summed E-state index contributed by atoms with van der Waals surface area (Å²) in [6, 6.07) is 0. The molecule has 0 aromatic carbocycles. The van der Waals surface area contributed by atoms with Gasteiger partial charge in [-0.3, -0.25) is 4.79 Å². The predicted octanol–water partition coefficient (Wildman–Crippen LogP) is 1.88. The molecule has 3 heteroatoms. The number of hydrogen-bond donors (Lipinski definition) is 1. The molecule has 1 fully saturated rings. The molecule has 0 atom stereocenters. The van der Waals surface area contributed by atoms with Gasteiger partial charge in [-0.2, -0.15) is 0 Å². The van der Waals surface area contributed by atoms with Gasteiger partial charge >= 0.3 is 0 Å². The Balaban J connectivity index is 2.20. The van der Waals surface area contributed by atoms with Crippen molar-refractivity contribution in [1.29, 1.82) is 0 Å². The van der Waals surface area contributed by atoms with E-state index in [1.54, 1.807) is 0 Å². The number of piperidine rings is 1. The Bertz CT molecular complexity index is 236. The van der Waals surface area contributed by atoms with Crippen LogP contribution >= 0.6 is 0 Å². The van der Waals surface area contributed by atoms with Gasteiger partial charge in [0.25, 0.3) is 0 Å². The second-order valence-electron chi connectivity index (χ2n) is 5.99. The zero-order chi connectivity index (χ0) is 12.2. The first-order chi connectivity index (χ1) is 7.41. The minimum absolute atomic E-state index is 0.0952. The second-order valence-corrected chi connectivity index (χ2v) is 5.99. The minimum atomic E-state index is 0.0952. The molecule has 1 aliphatic rings. The van der Waals surface area contributed by atoms with Crippen molar-refractivity contribution in [2.45, 2.75) is 40.5 Å². The van der Waals surface area contributed by atoms with E-state index < -0.39 is 0 Å². The van der Waals surface area contributed by atoms with Crippen LogP contribution in [-0.2, 0) is 4.79 Å². The maximum Gasteiger partial charge on any atom is 0.222 e. The molecule has 1 N–H and O–H groups in total. The van der Waals surface area contributed by atoms with Gasteiger partial charge in [-0.15, -0.1) is 0 Å². The van der Waals surface area contributed by atoms with Crippen molar-refractivity contribution in [3.8, 4) is 0 Å². The standard InChI is InChI=1S/C13H26N2O/c1-11(2)12(16)14-7-9-15-8-5-6-13(3,4)10-15/h11H,5-10H2,1-4H3,(H,14,16). The van der Waals surface area contributed by atoms with Gasteiger partial charge in [0, 0.05) is 25.6 Å². The first-order valence-electron chi connectivity index (χ1n) is 6.41. The third-order valence-electron chi connectivity index (χ3n) is 3.23. The third-order valence-corrected chi connectivity index (χ3v) is 3.23. The molecule has 0 unspecified atom stereocenters. The van der Waals surface area contributed by atoms with E-state index in [4.69, 9.17) is 0 Å². The van der Waals surface area contributed by atoms with Crippen LogP contribution in [0, 0.1) is 11.3 Å². The van der Waals surface area contributed by atoms with Crippen LogP contribution < -0.4 is 5.32 Å². The van der Waals surface area contributed by atoms with E-state index in [0.717, 1.165) is 19.6 Å². The maximum absolute atomic E-state index is 11.4. The molecule has 0 aliphatic carbocycles. The normalized spacial score (nSPS) is 21.1. The lowest BCUT2D eigenvalue weighted by atomic mass is 9.84. The molecule has 1 aliphatic heterocycles. The molecule has 1 amide bonds. The first kappa shape index (κ1) is 13.5. The van der Waals surface area contributed by atoms with Crippen molar-refractivity contribution in [3.05, 3.63) is 0 Å². The quantitative estimate of drug-likeness (QED) is 0.794. The molecule has 3 nitrogen and oxygen atoms in total. The Labute approximate surface area is 99.6 Å². The van der Waals surface area contributed by atoms with Crippen molar-refractivity contribution >= 4 is 5.91 Å². The van der Waals surface area contributed by atoms with E-state index in [1.807, 2.05) is 13.8 Å². The third kappa shape index (κ3) is 4.52. The largest absolute Gasteiger partial charge is 0.355 e. The molecular formula is C13H26N2O. The lowest BCUT2D eigenvalue weighted by Crippen LogP contribution is -2.44. The van der Waals surface area contributed by atoms with Crippen molar-refractivity contribution in [2.75, 3.05) is 26.2 Å². The maximum atomic E-state index is 11.4. The summed E-state index contributed by atoms with van der Waals surface area (Å²) < 4.78 is 0. The van der Waals surface area contributed by atoms with Gasteiger partial charge in [0.2, 0.25) is 5.91 Å². The molecule has 1 rings (SSSR count). The lowest BCUT2D eigenvalue weighted by molar-refractivity contribution is -0.124. The molecule has 0 aromatic heterocycles. The Morgan fingerprint density at radius 3 is 2.69 bits per heavy atom. The van der Waals surface area contributed by atoms with Crippen LogP contribution in [0.5, 0.6) is 0 Å². The van der Waals surface area contributed by atoms with Crippen molar-refractivity contribution in [2.24, 2.45) is 11.3 Å². The summed E-state index contributed by atoms with van der Waals surface area (Å²) in [6.45, 7) is 12.6. The summed E-state index contributed by atoms with van der Waals surface area (Å²) in [5.41, 5.74) is 0.445. The molecule has 0 aromatic rings. The average molecular weight is 226 g/mol. The number of carbonyl (C=O) groups excluding carboxylic acids is 1. The van der Waals surface area contributed by atoms with Crippen LogP contribution in [0.4, 0.5) is 0 Å². The van der Waals surface area contributed by atoms with Crippen molar-refractivity contribution < 1.29 is 4.79 Å². The van der Waals surface area contributed by atoms with E-state index >= 15 is 0 Å². The van der Waals surface area contributed by atoms with Crippen molar-refractivity contribution in [3.63, 3.8) is 0 Å². The monoisotopic (exact) mass is 226 g/mol. The van der Waals surface area contributed by atoms with E-state index in [2.05, 4.69) is 24.1 Å². The van der Waals surface area contributed by atoms with Gasteiger partial charge < -0.3 is 10.2 Å². The SMILES string of the molecule is CC(C)C(=O)NCCN1CCCC(C)(C)C1. The molecule has 94 valence electrons. The number of nitrogens with one attached hydrogen (secondary N) is 1. The Morgan fingerprint density at radius 1 is 1.44 bits per heavy atom. The van der Waals surface area contributed by atoms with E-state index in [1.165, 1.54) is 19.4 Å². The summed E-state index contributed by atoms with van der Waals surface area (Å²) in [7, 11) is 0. The number of rotatable bonds is 4. The van der Waals surface area contributed by atoms with E-state index in [-0.39, 0.29) is 11.8 Å².